The van der Waals surface area contributed by atoms with Crippen LogP contribution in [0.3, 0.4) is 0 Å². The Labute approximate surface area is 145 Å². The van der Waals surface area contributed by atoms with Crippen molar-refractivity contribution in [3.8, 4) is 0 Å². The highest BCUT2D eigenvalue weighted by Gasteiger charge is 2.16. The van der Waals surface area contributed by atoms with Gasteiger partial charge in [0.1, 0.15) is 10.0 Å². The molecule has 0 spiro atoms. The van der Waals surface area contributed by atoms with Gasteiger partial charge < -0.3 is 4.90 Å². The number of thiophene rings is 1. The molecule has 7 heteroatoms. The Kier molecular flexibility index (Phi) is 4.55. The number of aryl methyl sites for hydroxylation is 1. The first-order valence-electron chi connectivity index (χ1n) is 7.30. The van der Waals surface area contributed by atoms with E-state index in [1.54, 1.807) is 24.3 Å². The fourth-order valence-electron chi connectivity index (χ4n) is 2.19. The van der Waals surface area contributed by atoms with Gasteiger partial charge in [-0.3, -0.25) is 4.72 Å². The zero-order valence-corrected chi connectivity index (χ0v) is 14.9. The summed E-state index contributed by atoms with van der Waals surface area (Å²) in [6.45, 7) is 1.87. The van der Waals surface area contributed by atoms with Gasteiger partial charge in [0.05, 0.1) is 11.9 Å². The van der Waals surface area contributed by atoms with Crippen molar-refractivity contribution in [2.24, 2.45) is 0 Å². The third kappa shape index (κ3) is 3.58. The van der Waals surface area contributed by atoms with Crippen molar-refractivity contribution >= 4 is 38.6 Å². The molecule has 1 aromatic carbocycles. The van der Waals surface area contributed by atoms with E-state index < -0.39 is 10.0 Å². The molecule has 3 rings (SSSR count). The summed E-state index contributed by atoms with van der Waals surface area (Å²) in [4.78, 5) is 7.22. The summed E-state index contributed by atoms with van der Waals surface area (Å²) >= 11 is 1.24. The molecule has 5 nitrogen and oxygen atoms in total. The number of benzene rings is 1. The van der Waals surface area contributed by atoms with Crippen LogP contribution in [0.25, 0.3) is 0 Å². The molecule has 0 radical (unpaired) electrons. The first-order chi connectivity index (χ1) is 11.5. The lowest BCUT2D eigenvalue weighted by Gasteiger charge is -2.18. The van der Waals surface area contributed by atoms with E-state index in [1.807, 2.05) is 49.2 Å². The molecule has 2 heterocycles. The Bertz CT molecular complexity index is 920. The van der Waals surface area contributed by atoms with Crippen LogP contribution >= 0.6 is 11.3 Å². The number of nitrogens with one attached hydrogen (secondary N) is 1. The number of nitrogens with zero attached hydrogens (tertiary/aromatic N) is 2. The van der Waals surface area contributed by atoms with Crippen molar-refractivity contribution in [2.75, 3.05) is 16.7 Å². The predicted octanol–water partition coefficient (Wildman–Crippen LogP) is 4.02. The number of hydrogen-bond donors (Lipinski definition) is 1. The molecule has 0 fully saturated rings. The maximum atomic E-state index is 12.3. The number of pyridine rings is 1. The smallest absolute Gasteiger partial charge is 0.271 e. The van der Waals surface area contributed by atoms with Gasteiger partial charge in [-0.05, 0) is 43.3 Å². The summed E-state index contributed by atoms with van der Waals surface area (Å²) in [5.41, 5.74) is 1.44. The second-order valence-electron chi connectivity index (χ2n) is 5.27. The van der Waals surface area contributed by atoms with Gasteiger partial charge in [0.15, 0.2) is 0 Å². The maximum absolute atomic E-state index is 12.3. The van der Waals surface area contributed by atoms with E-state index in [-0.39, 0.29) is 0 Å². The first-order valence-corrected chi connectivity index (χ1v) is 9.60. The Morgan fingerprint density at radius 2 is 1.79 bits per heavy atom. The molecule has 0 saturated carbocycles. The summed E-state index contributed by atoms with van der Waals surface area (Å²) < 4.78 is 27.5. The van der Waals surface area contributed by atoms with Gasteiger partial charge in [-0.25, -0.2) is 13.4 Å². The van der Waals surface area contributed by atoms with Crippen LogP contribution in [-0.4, -0.2) is 20.4 Å². The number of sulfonamides is 1. The third-order valence-corrected chi connectivity index (χ3v) is 6.34. The van der Waals surface area contributed by atoms with Gasteiger partial charge in [0, 0.05) is 17.6 Å². The highest BCUT2D eigenvalue weighted by molar-refractivity contribution is 7.94. The highest BCUT2D eigenvalue weighted by Crippen LogP contribution is 2.25. The number of para-hydroxylation sites is 1. The van der Waals surface area contributed by atoms with Crippen molar-refractivity contribution < 1.29 is 8.42 Å². The first kappa shape index (κ1) is 16.5. The molecule has 0 amide bonds. The second kappa shape index (κ2) is 6.62. The van der Waals surface area contributed by atoms with Crippen molar-refractivity contribution in [3.05, 3.63) is 65.7 Å². The fourth-order valence-corrected chi connectivity index (χ4v) is 4.52. The quantitative estimate of drug-likeness (QED) is 0.747. The minimum atomic E-state index is -3.56. The van der Waals surface area contributed by atoms with Crippen LogP contribution in [0.5, 0.6) is 0 Å². The Morgan fingerprint density at radius 1 is 1.04 bits per heavy atom. The standard InChI is InChI=1S/C17H17N3O2S2/c1-13-8-11-17(23-13)24(21,22)19-14-9-10-16(18-12-14)20(2)15-6-4-3-5-7-15/h3-12,19H,1-2H3. The second-order valence-corrected chi connectivity index (χ2v) is 8.47. The largest absolute Gasteiger partial charge is 0.329 e. The lowest BCUT2D eigenvalue weighted by atomic mass is 10.3. The number of hydrogen-bond acceptors (Lipinski definition) is 5. The fraction of sp³-hybridized carbons (Fsp3) is 0.118. The van der Waals surface area contributed by atoms with Gasteiger partial charge >= 0.3 is 0 Å². The Hall–Kier alpha value is -2.38. The molecule has 0 saturated heterocycles. The average Bonchev–Trinajstić information content (AvgIpc) is 3.03. The summed E-state index contributed by atoms with van der Waals surface area (Å²) in [6.07, 6.45) is 1.52. The van der Waals surface area contributed by atoms with Crippen LogP contribution < -0.4 is 9.62 Å². The number of aromatic nitrogens is 1. The molecule has 0 aliphatic rings. The van der Waals surface area contributed by atoms with Crippen LogP contribution in [-0.2, 0) is 10.0 Å². The molecule has 1 N–H and O–H groups in total. The Morgan fingerprint density at radius 3 is 2.38 bits per heavy atom. The molecule has 3 aromatic rings. The molecular weight excluding hydrogens is 342 g/mol. The van der Waals surface area contributed by atoms with E-state index in [1.165, 1.54) is 17.5 Å². The van der Waals surface area contributed by atoms with Gasteiger partial charge in [-0.1, -0.05) is 18.2 Å². The summed E-state index contributed by atoms with van der Waals surface area (Å²) in [7, 11) is -1.65. The molecule has 0 aliphatic carbocycles. The maximum Gasteiger partial charge on any atom is 0.271 e. The molecule has 0 unspecified atom stereocenters. The summed E-state index contributed by atoms with van der Waals surface area (Å²) in [6, 6.07) is 16.7. The van der Waals surface area contributed by atoms with Crippen LogP contribution in [0.4, 0.5) is 17.2 Å². The molecule has 0 atom stereocenters. The lowest BCUT2D eigenvalue weighted by Crippen LogP contribution is -2.13. The zero-order chi connectivity index (χ0) is 17.2. The number of rotatable bonds is 5. The summed E-state index contributed by atoms with van der Waals surface area (Å²) in [5, 5.41) is 0. The van der Waals surface area contributed by atoms with Crippen molar-refractivity contribution in [1.29, 1.82) is 0 Å². The van der Waals surface area contributed by atoms with Gasteiger partial charge in [0.25, 0.3) is 10.0 Å². The Balaban J connectivity index is 1.78. The van der Waals surface area contributed by atoms with E-state index in [0.29, 0.717) is 9.90 Å². The predicted molar refractivity (Wildman–Crippen MR) is 98.6 cm³/mol. The molecular formula is C17H17N3O2S2. The van der Waals surface area contributed by atoms with Crippen LogP contribution in [0.15, 0.2) is 65.0 Å². The van der Waals surface area contributed by atoms with E-state index in [9.17, 15) is 8.42 Å². The molecule has 24 heavy (non-hydrogen) atoms. The molecule has 0 bridgehead atoms. The van der Waals surface area contributed by atoms with Crippen molar-refractivity contribution in [2.45, 2.75) is 11.1 Å². The molecule has 124 valence electrons. The third-order valence-electron chi connectivity index (χ3n) is 3.47. The van der Waals surface area contributed by atoms with Gasteiger partial charge in [0.2, 0.25) is 0 Å². The van der Waals surface area contributed by atoms with E-state index in [0.717, 1.165) is 16.4 Å². The topological polar surface area (TPSA) is 62.3 Å². The van der Waals surface area contributed by atoms with E-state index in [2.05, 4.69) is 9.71 Å². The summed E-state index contributed by atoms with van der Waals surface area (Å²) in [5.74, 6) is 0.733. The van der Waals surface area contributed by atoms with Crippen LogP contribution in [0, 0.1) is 6.92 Å². The molecule has 0 aliphatic heterocycles. The number of anilines is 3. The highest BCUT2D eigenvalue weighted by atomic mass is 32.2. The van der Waals surface area contributed by atoms with Crippen molar-refractivity contribution in [3.63, 3.8) is 0 Å². The normalized spacial score (nSPS) is 11.2. The van der Waals surface area contributed by atoms with E-state index in [4.69, 9.17) is 0 Å². The monoisotopic (exact) mass is 359 g/mol. The minimum Gasteiger partial charge on any atom is -0.329 e. The molecule has 2 aromatic heterocycles. The average molecular weight is 359 g/mol. The zero-order valence-electron chi connectivity index (χ0n) is 13.3. The van der Waals surface area contributed by atoms with Crippen LogP contribution in [0.2, 0.25) is 0 Å². The van der Waals surface area contributed by atoms with Gasteiger partial charge in [-0.2, -0.15) is 0 Å². The van der Waals surface area contributed by atoms with Crippen molar-refractivity contribution in [1.82, 2.24) is 4.98 Å². The SMILES string of the molecule is Cc1ccc(S(=O)(=O)Nc2ccc(N(C)c3ccccc3)nc2)s1. The minimum absolute atomic E-state index is 0.297. The van der Waals surface area contributed by atoms with Crippen LogP contribution in [0.1, 0.15) is 4.88 Å². The van der Waals surface area contributed by atoms with E-state index >= 15 is 0 Å². The van der Waals surface area contributed by atoms with Gasteiger partial charge in [-0.15, -0.1) is 11.3 Å². The lowest BCUT2D eigenvalue weighted by molar-refractivity contribution is 0.603.